The molecule has 140 valence electrons. The predicted molar refractivity (Wildman–Crippen MR) is 104 cm³/mol. The maximum atomic E-state index is 12.6. The zero-order chi connectivity index (χ0) is 18.3. The van der Waals surface area contributed by atoms with Gasteiger partial charge in [-0.25, -0.2) is 4.98 Å². The van der Waals surface area contributed by atoms with E-state index in [2.05, 4.69) is 9.97 Å². The van der Waals surface area contributed by atoms with E-state index in [-0.39, 0.29) is 29.4 Å². The fourth-order valence-corrected chi connectivity index (χ4v) is 5.90. The molecule has 0 unspecified atom stereocenters. The van der Waals surface area contributed by atoms with Crippen molar-refractivity contribution in [3.63, 3.8) is 0 Å². The van der Waals surface area contributed by atoms with E-state index in [1.165, 1.54) is 28.6 Å². The van der Waals surface area contributed by atoms with Gasteiger partial charge in [0.25, 0.3) is 5.56 Å². The monoisotopic (exact) mass is 393 g/mol. The van der Waals surface area contributed by atoms with E-state index in [4.69, 9.17) is 4.74 Å². The van der Waals surface area contributed by atoms with Crippen LogP contribution >= 0.6 is 23.1 Å². The number of thioether (sulfide) groups is 1. The second kappa shape index (κ2) is 7.32. The number of hydrogen-bond donors (Lipinski definition) is 1. The van der Waals surface area contributed by atoms with Crippen LogP contribution in [0.5, 0.6) is 0 Å². The summed E-state index contributed by atoms with van der Waals surface area (Å²) in [5.74, 6) is 0.337. The van der Waals surface area contributed by atoms with Gasteiger partial charge in [-0.05, 0) is 45.1 Å². The van der Waals surface area contributed by atoms with Gasteiger partial charge in [-0.15, -0.1) is 11.3 Å². The Labute approximate surface area is 160 Å². The lowest BCUT2D eigenvalue weighted by Gasteiger charge is -2.35. The Kier molecular flexibility index (Phi) is 5.07. The van der Waals surface area contributed by atoms with Crippen molar-refractivity contribution in [3.8, 4) is 0 Å². The van der Waals surface area contributed by atoms with Gasteiger partial charge in [0.05, 0.1) is 23.3 Å². The van der Waals surface area contributed by atoms with Crippen molar-refractivity contribution in [1.82, 2.24) is 14.9 Å². The van der Waals surface area contributed by atoms with Gasteiger partial charge in [0, 0.05) is 18.0 Å². The highest BCUT2D eigenvalue weighted by molar-refractivity contribution is 7.99. The number of aryl methyl sites for hydroxylation is 2. The molecule has 2 aromatic rings. The molecule has 2 aliphatic rings. The van der Waals surface area contributed by atoms with Gasteiger partial charge < -0.3 is 14.6 Å². The lowest BCUT2D eigenvalue weighted by atomic mass is 9.97. The Morgan fingerprint density at radius 2 is 2.04 bits per heavy atom. The molecule has 6 nitrogen and oxygen atoms in total. The summed E-state index contributed by atoms with van der Waals surface area (Å²) < 4.78 is 5.67. The summed E-state index contributed by atoms with van der Waals surface area (Å²) in [6.45, 7) is 5.19. The van der Waals surface area contributed by atoms with Crippen molar-refractivity contribution in [2.24, 2.45) is 0 Å². The van der Waals surface area contributed by atoms with Gasteiger partial charge in [-0.1, -0.05) is 11.8 Å². The number of thiophene rings is 1. The summed E-state index contributed by atoms with van der Waals surface area (Å²) in [4.78, 5) is 36.5. The molecule has 2 aromatic heterocycles. The number of morpholine rings is 1. The quantitative estimate of drug-likeness (QED) is 0.641. The van der Waals surface area contributed by atoms with Gasteiger partial charge >= 0.3 is 0 Å². The molecule has 0 bridgehead atoms. The molecular formula is C18H23N3O3S2. The largest absolute Gasteiger partial charge is 0.372 e. The molecule has 8 heteroatoms. The third-order valence-corrected chi connectivity index (χ3v) is 6.95. The average molecular weight is 394 g/mol. The smallest absolute Gasteiger partial charge is 0.260 e. The summed E-state index contributed by atoms with van der Waals surface area (Å²) >= 11 is 2.94. The number of amides is 1. The summed E-state index contributed by atoms with van der Waals surface area (Å²) in [5, 5.41) is 1.29. The normalized spacial score (nSPS) is 23.2. The maximum absolute atomic E-state index is 12.6. The number of aromatic amines is 1. The Hall–Kier alpha value is -1.38. The minimum absolute atomic E-state index is 0.0550. The van der Waals surface area contributed by atoms with Gasteiger partial charge in [0.2, 0.25) is 5.91 Å². The summed E-state index contributed by atoms with van der Waals surface area (Å²) in [7, 11) is 0. The van der Waals surface area contributed by atoms with Crippen molar-refractivity contribution in [2.45, 2.75) is 56.9 Å². The van der Waals surface area contributed by atoms with Crippen LogP contribution in [-0.4, -0.2) is 51.8 Å². The number of aromatic nitrogens is 2. The number of carbonyl (C=O) groups excluding carboxylic acids is 1. The van der Waals surface area contributed by atoms with Gasteiger partial charge in [0.15, 0.2) is 5.16 Å². The van der Waals surface area contributed by atoms with Crippen LogP contribution in [0.25, 0.3) is 10.2 Å². The number of carbonyl (C=O) groups is 1. The summed E-state index contributed by atoms with van der Waals surface area (Å²) in [6.07, 6.45) is 4.45. The molecule has 4 rings (SSSR count). The molecule has 1 aliphatic heterocycles. The van der Waals surface area contributed by atoms with Crippen molar-refractivity contribution >= 4 is 39.2 Å². The molecule has 26 heavy (non-hydrogen) atoms. The molecular weight excluding hydrogens is 370 g/mol. The minimum Gasteiger partial charge on any atom is -0.372 e. The highest BCUT2D eigenvalue weighted by atomic mass is 32.2. The molecule has 1 N–H and O–H groups in total. The molecule has 0 radical (unpaired) electrons. The van der Waals surface area contributed by atoms with Gasteiger partial charge in [-0.3, -0.25) is 9.59 Å². The number of ether oxygens (including phenoxy) is 1. The zero-order valence-electron chi connectivity index (χ0n) is 15.0. The van der Waals surface area contributed by atoms with E-state index < -0.39 is 0 Å². The van der Waals surface area contributed by atoms with Crippen molar-refractivity contribution in [2.75, 3.05) is 18.8 Å². The van der Waals surface area contributed by atoms with Crippen LogP contribution in [0.15, 0.2) is 9.95 Å². The molecule has 0 spiro atoms. The standard InChI is InChI=1S/C18H23N3O3S2/c1-10-7-21(8-11(2)24-10)14(22)9-25-18-19-16(23)15-12-5-3-4-6-13(12)26-17(15)20-18/h10-11H,3-9H2,1-2H3,(H,19,20,23)/t10-,11+. The maximum Gasteiger partial charge on any atom is 0.260 e. The Bertz CT molecular complexity index is 882. The fraction of sp³-hybridized carbons (Fsp3) is 0.611. The first kappa shape index (κ1) is 18.0. The topological polar surface area (TPSA) is 75.3 Å². The van der Waals surface area contributed by atoms with Crippen LogP contribution in [0.3, 0.4) is 0 Å². The molecule has 1 aliphatic carbocycles. The number of fused-ring (bicyclic) bond motifs is 3. The Morgan fingerprint density at radius 3 is 2.81 bits per heavy atom. The number of nitrogens with one attached hydrogen (secondary N) is 1. The second-order valence-electron chi connectivity index (χ2n) is 7.11. The fourth-order valence-electron chi connectivity index (χ4n) is 3.82. The third kappa shape index (κ3) is 3.54. The second-order valence-corrected chi connectivity index (χ2v) is 9.15. The Balaban J connectivity index is 1.49. The van der Waals surface area contributed by atoms with Crippen LogP contribution in [0.2, 0.25) is 0 Å². The Morgan fingerprint density at radius 1 is 1.31 bits per heavy atom. The first-order valence-corrected chi connectivity index (χ1v) is 10.9. The number of hydrogen-bond acceptors (Lipinski definition) is 6. The van der Waals surface area contributed by atoms with E-state index in [1.54, 1.807) is 11.3 Å². The van der Waals surface area contributed by atoms with Crippen molar-refractivity contribution in [1.29, 1.82) is 0 Å². The first-order chi connectivity index (χ1) is 12.5. The molecule has 1 saturated heterocycles. The van der Waals surface area contributed by atoms with E-state index >= 15 is 0 Å². The lowest BCUT2D eigenvalue weighted by Crippen LogP contribution is -2.48. The predicted octanol–water partition coefficient (Wildman–Crippen LogP) is 2.59. The lowest BCUT2D eigenvalue weighted by molar-refractivity contribution is -0.140. The van der Waals surface area contributed by atoms with Crippen molar-refractivity contribution in [3.05, 3.63) is 20.8 Å². The SMILES string of the molecule is C[C@@H]1CN(C(=O)CSc2nc3sc4c(c3c(=O)[nH]2)CCCC4)C[C@H](C)O1. The number of nitrogens with zero attached hydrogens (tertiary/aromatic N) is 2. The molecule has 2 atom stereocenters. The van der Waals surface area contributed by atoms with Crippen LogP contribution in [-0.2, 0) is 22.4 Å². The van der Waals surface area contributed by atoms with Crippen molar-refractivity contribution < 1.29 is 9.53 Å². The molecule has 0 saturated carbocycles. The van der Waals surface area contributed by atoms with Crippen LogP contribution in [0.4, 0.5) is 0 Å². The van der Waals surface area contributed by atoms with Crippen LogP contribution in [0.1, 0.15) is 37.1 Å². The zero-order valence-corrected chi connectivity index (χ0v) is 16.7. The first-order valence-electron chi connectivity index (χ1n) is 9.12. The number of H-pyrrole nitrogens is 1. The van der Waals surface area contributed by atoms with Gasteiger partial charge in [0.1, 0.15) is 4.83 Å². The van der Waals surface area contributed by atoms with E-state index in [9.17, 15) is 9.59 Å². The highest BCUT2D eigenvalue weighted by Crippen LogP contribution is 2.34. The van der Waals surface area contributed by atoms with E-state index in [1.807, 2.05) is 18.7 Å². The van der Waals surface area contributed by atoms with Gasteiger partial charge in [-0.2, -0.15) is 0 Å². The average Bonchev–Trinajstić information content (AvgIpc) is 2.97. The molecule has 0 aromatic carbocycles. The molecule has 1 fully saturated rings. The van der Waals surface area contributed by atoms with E-state index in [0.29, 0.717) is 18.2 Å². The molecule has 1 amide bonds. The van der Waals surface area contributed by atoms with Crippen LogP contribution in [0, 0.1) is 0 Å². The summed E-state index contributed by atoms with van der Waals surface area (Å²) in [6, 6.07) is 0. The van der Waals surface area contributed by atoms with Crippen LogP contribution < -0.4 is 5.56 Å². The minimum atomic E-state index is -0.0713. The third-order valence-electron chi connectivity index (χ3n) is 4.91. The summed E-state index contributed by atoms with van der Waals surface area (Å²) in [5.41, 5.74) is 1.12. The van der Waals surface area contributed by atoms with E-state index in [0.717, 1.165) is 29.5 Å². The number of rotatable bonds is 3. The highest BCUT2D eigenvalue weighted by Gasteiger charge is 2.26. The molecule has 3 heterocycles.